The fourth-order valence-corrected chi connectivity index (χ4v) is 2.03. The molecular weight excluding hydrogens is 289 g/mol. The number of aliphatic hydroxyl groups is 1. The van der Waals surface area contributed by atoms with Crippen LogP contribution in [0, 0.1) is 0 Å². The summed E-state index contributed by atoms with van der Waals surface area (Å²) in [5, 5.41) is 12.7. The van der Waals surface area contributed by atoms with Crippen LogP contribution in [0.25, 0.3) is 0 Å². The number of pyridine rings is 1. The van der Waals surface area contributed by atoms with Crippen LogP contribution in [0.5, 0.6) is 0 Å². The van der Waals surface area contributed by atoms with Gasteiger partial charge < -0.3 is 15.2 Å². The summed E-state index contributed by atoms with van der Waals surface area (Å²) in [7, 11) is 0. The first kappa shape index (κ1) is 15.7. The summed E-state index contributed by atoms with van der Waals surface area (Å²) in [6.45, 7) is 2.06. The van der Waals surface area contributed by atoms with Crippen LogP contribution in [-0.4, -0.2) is 40.9 Å². The molecule has 0 bridgehead atoms. The Morgan fingerprint density at radius 3 is 2.76 bits per heavy atom. The van der Waals surface area contributed by atoms with E-state index in [0.29, 0.717) is 13.0 Å². The van der Waals surface area contributed by atoms with Crippen molar-refractivity contribution < 1.29 is 27.8 Å². The molecule has 0 radical (unpaired) electrons. The molecule has 1 aliphatic heterocycles. The summed E-state index contributed by atoms with van der Waals surface area (Å²) in [6, 6.07) is 1.79. The van der Waals surface area contributed by atoms with E-state index in [0.717, 1.165) is 18.3 Å². The van der Waals surface area contributed by atoms with Crippen molar-refractivity contribution in [1.29, 1.82) is 0 Å². The van der Waals surface area contributed by atoms with Gasteiger partial charge in [-0.3, -0.25) is 9.78 Å². The monoisotopic (exact) mass is 304 g/mol. The maximum atomic E-state index is 12.4. The number of hydrogen-bond acceptors (Lipinski definition) is 4. The molecule has 2 heterocycles. The lowest BCUT2D eigenvalue weighted by atomic mass is 9.96. The first-order valence-corrected chi connectivity index (χ1v) is 6.38. The lowest BCUT2D eigenvalue weighted by molar-refractivity contribution is -0.141. The molecular formula is C13H15F3N2O3. The van der Waals surface area contributed by atoms with Gasteiger partial charge in [0, 0.05) is 25.8 Å². The number of carbonyl (C=O) groups is 1. The second kappa shape index (κ2) is 5.61. The molecule has 1 aromatic heterocycles. The van der Waals surface area contributed by atoms with Gasteiger partial charge >= 0.3 is 6.18 Å². The van der Waals surface area contributed by atoms with Crippen molar-refractivity contribution in [2.45, 2.75) is 31.2 Å². The van der Waals surface area contributed by atoms with Crippen LogP contribution in [0.1, 0.15) is 29.4 Å². The van der Waals surface area contributed by atoms with Crippen molar-refractivity contribution in [3.8, 4) is 0 Å². The number of ether oxygens (including phenoxy) is 1. The number of amides is 1. The maximum absolute atomic E-state index is 12.4. The van der Waals surface area contributed by atoms with E-state index in [9.17, 15) is 23.1 Å². The number of nitrogens with one attached hydrogen (secondary N) is 1. The number of nitrogens with zero attached hydrogens (tertiary/aromatic N) is 1. The largest absolute Gasteiger partial charge is 0.433 e. The molecule has 0 aromatic carbocycles. The van der Waals surface area contributed by atoms with Gasteiger partial charge in [0.2, 0.25) is 0 Å². The Bertz CT molecular complexity index is 518. The molecule has 2 rings (SSSR count). The van der Waals surface area contributed by atoms with E-state index in [-0.39, 0.29) is 12.1 Å². The van der Waals surface area contributed by atoms with Crippen LogP contribution < -0.4 is 5.32 Å². The minimum absolute atomic E-state index is 0.00170. The highest BCUT2D eigenvalue weighted by Crippen LogP contribution is 2.27. The van der Waals surface area contributed by atoms with E-state index in [1.165, 1.54) is 0 Å². The molecule has 2 atom stereocenters. The molecule has 5 nitrogen and oxygen atoms in total. The predicted molar refractivity (Wildman–Crippen MR) is 66.6 cm³/mol. The first-order valence-electron chi connectivity index (χ1n) is 6.38. The zero-order valence-corrected chi connectivity index (χ0v) is 11.3. The maximum Gasteiger partial charge on any atom is 0.433 e. The second-order valence-electron chi connectivity index (χ2n) is 4.98. The third-order valence-corrected chi connectivity index (χ3v) is 3.53. The predicted octanol–water partition coefficient (Wildman–Crippen LogP) is 1.37. The number of aromatic nitrogens is 1. The summed E-state index contributed by atoms with van der Waals surface area (Å²) in [4.78, 5) is 15.0. The van der Waals surface area contributed by atoms with Gasteiger partial charge in [0.1, 0.15) is 11.3 Å². The Kier molecular flexibility index (Phi) is 4.20. The number of carbonyl (C=O) groups excluding carboxylic acids is 1. The average Bonchev–Trinajstić information content (AvgIpc) is 2.76. The topological polar surface area (TPSA) is 71.5 Å². The molecule has 0 saturated carbocycles. The number of hydrogen-bond donors (Lipinski definition) is 2. The van der Waals surface area contributed by atoms with Gasteiger partial charge in [-0.15, -0.1) is 0 Å². The highest BCUT2D eigenvalue weighted by molar-refractivity contribution is 5.93. The normalized spacial score (nSPS) is 25.9. The van der Waals surface area contributed by atoms with Crippen molar-refractivity contribution in [3.05, 3.63) is 29.6 Å². The highest BCUT2D eigenvalue weighted by Gasteiger charge is 2.39. The summed E-state index contributed by atoms with van der Waals surface area (Å²) in [5.41, 5.74) is -2.22. The lowest BCUT2D eigenvalue weighted by Gasteiger charge is -2.26. The van der Waals surface area contributed by atoms with Gasteiger partial charge in [0.05, 0.1) is 11.7 Å². The minimum atomic E-state index is -4.54. The molecule has 21 heavy (non-hydrogen) atoms. The fourth-order valence-electron chi connectivity index (χ4n) is 2.03. The fraction of sp³-hybridized carbons (Fsp3) is 0.538. The molecule has 1 aromatic rings. The molecule has 1 amide bonds. The van der Waals surface area contributed by atoms with Crippen molar-refractivity contribution in [2.75, 3.05) is 13.2 Å². The molecule has 1 saturated heterocycles. The van der Waals surface area contributed by atoms with E-state index in [1.807, 2.05) is 0 Å². The second-order valence-corrected chi connectivity index (χ2v) is 4.98. The molecule has 0 aliphatic carbocycles. The van der Waals surface area contributed by atoms with Gasteiger partial charge in [-0.1, -0.05) is 0 Å². The molecule has 1 fully saturated rings. The highest BCUT2D eigenvalue weighted by atomic mass is 19.4. The van der Waals surface area contributed by atoms with Crippen LogP contribution >= 0.6 is 0 Å². The summed E-state index contributed by atoms with van der Waals surface area (Å²) in [6.07, 6.45) is -3.71. The van der Waals surface area contributed by atoms with Crippen LogP contribution in [0.15, 0.2) is 18.3 Å². The minimum Gasteiger partial charge on any atom is -0.385 e. The van der Waals surface area contributed by atoms with E-state index in [1.54, 1.807) is 6.92 Å². The lowest BCUT2D eigenvalue weighted by Crippen LogP contribution is -2.47. The quantitative estimate of drug-likeness (QED) is 0.885. The van der Waals surface area contributed by atoms with E-state index < -0.39 is 29.5 Å². The molecule has 1 aliphatic rings. The molecule has 116 valence electrons. The van der Waals surface area contributed by atoms with Gasteiger partial charge in [0.15, 0.2) is 0 Å². The standard InChI is InChI=1S/C13H15F3N2O3/c1-8-12(20,4-5-21-8)7-18-11(19)9-2-3-10(17-6-9)13(14,15)16/h2-3,6,8,20H,4-5,7H2,1H3,(H,18,19). The first-order chi connectivity index (χ1) is 9.72. The van der Waals surface area contributed by atoms with Gasteiger partial charge in [-0.05, 0) is 19.1 Å². The van der Waals surface area contributed by atoms with E-state index >= 15 is 0 Å². The summed E-state index contributed by atoms with van der Waals surface area (Å²) in [5.74, 6) is -0.594. The molecule has 2 unspecified atom stereocenters. The van der Waals surface area contributed by atoms with Crippen LogP contribution in [0.2, 0.25) is 0 Å². The number of alkyl halides is 3. The Balaban J connectivity index is 1.98. The summed E-state index contributed by atoms with van der Waals surface area (Å²) >= 11 is 0. The van der Waals surface area contributed by atoms with Crippen molar-refractivity contribution >= 4 is 5.91 Å². The summed E-state index contributed by atoms with van der Waals surface area (Å²) < 4.78 is 42.3. The molecule has 8 heteroatoms. The smallest absolute Gasteiger partial charge is 0.385 e. The third kappa shape index (κ3) is 3.51. The Labute approximate surface area is 119 Å². The van der Waals surface area contributed by atoms with E-state index in [4.69, 9.17) is 4.74 Å². The number of rotatable bonds is 3. The van der Waals surface area contributed by atoms with Crippen molar-refractivity contribution in [2.24, 2.45) is 0 Å². The van der Waals surface area contributed by atoms with Gasteiger partial charge in [-0.2, -0.15) is 13.2 Å². The van der Waals surface area contributed by atoms with Gasteiger partial charge in [0.25, 0.3) is 5.91 Å². The molecule has 0 spiro atoms. The van der Waals surface area contributed by atoms with Crippen molar-refractivity contribution in [1.82, 2.24) is 10.3 Å². The molecule has 2 N–H and O–H groups in total. The third-order valence-electron chi connectivity index (χ3n) is 3.53. The SMILES string of the molecule is CC1OCCC1(O)CNC(=O)c1ccc(C(F)(F)F)nc1. The van der Waals surface area contributed by atoms with Crippen LogP contribution in [0.4, 0.5) is 13.2 Å². The number of halogens is 3. The van der Waals surface area contributed by atoms with Crippen LogP contribution in [-0.2, 0) is 10.9 Å². The Morgan fingerprint density at radius 1 is 1.57 bits per heavy atom. The van der Waals surface area contributed by atoms with Crippen LogP contribution in [0.3, 0.4) is 0 Å². The Morgan fingerprint density at radius 2 is 2.29 bits per heavy atom. The average molecular weight is 304 g/mol. The Hall–Kier alpha value is -1.67. The van der Waals surface area contributed by atoms with E-state index in [2.05, 4.69) is 10.3 Å². The van der Waals surface area contributed by atoms with Crippen molar-refractivity contribution in [3.63, 3.8) is 0 Å². The van der Waals surface area contributed by atoms with Gasteiger partial charge in [-0.25, -0.2) is 0 Å². The zero-order chi connectivity index (χ0) is 15.7. The zero-order valence-electron chi connectivity index (χ0n) is 11.3.